The standard InChI is InChI=1S/C18H20Cl2N6S/c1-3-25-11-15(20)16(22-25)12-24(2)18(27)21-17-8-9-26(23-17)10-13-4-6-14(19)7-5-13/h4-9,11H,3,10,12H2,1-2H3,(H,21,23,27). The van der Waals surface area contributed by atoms with Crippen LogP contribution in [0, 0.1) is 0 Å². The van der Waals surface area contributed by atoms with Crippen molar-refractivity contribution in [2.24, 2.45) is 0 Å². The first-order valence-electron chi connectivity index (χ1n) is 8.46. The number of hydrogen-bond donors (Lipinski definition) is 1. The van der Waals surface area contributed by atoms with Crippen LogP contribution in [0.2, 0.25) is 10.0 Å². The fourth-order valence-corrected chi connectivity index (χ4v) is 3.01. The average molecular weight is 423 g/mol. The molecule has 0 bridgehead atoms. The van der Waals surface area contributed by atoms with Gasteiger partial charge in [0.15, 0.2) is 10.9 Å². The molecule has 0 atom stereocenters. The zero-order chi connectivity index (χ0) is 19.4. The predicted molar refractivity (Wildman–Crippen MR) is 113 cm³/mol. The van der Waals surface area contributed by atoms with E-state index < -0.39 is 0 Å². The van der Waals surface area contributed by atoms with Gasteiger partial charge in [-0.15, -0.1) is 0 Å². The summed E-state index contributed by atoms with van der Waals surface area (Å²) in [6.07, 6.45) is 3.72. The summed E-state index contributed by atoms with van der Waals surface area (Å²) in [4.78, 5) is 1.88. The van der Waals surface area contributed by atoms with Crippen LogP contribution in [-0.2, 0) is 19.6 Å². The van der Waals surface area contributed by atoms with Crippen molar-refractivity contribution in [2.75, 3.05) is 12.4 Å². The molecular formula is C18H20Cl2N6S. The number of benzene rings is 1. The molecule has 0 saturated heterocycles. The van der Waals surface area contributed by atoms with Gasteiger partial charge in [-0.3, -0.25) is 9.36 Å². The number of nitrogens with zero attached hydrogens (tertiary/aromatic N) is 5. The van der Waals surface area contributed by atoms with Gasteiger partial charge in [-0.1, -0.05) is 35.3 Å². The summed E-state index contributed by atoms with van der Waals surface area (Å²) in [7, 11) is 1.89. The molecule has 9 heteroatoms. The Labute approximate surface area is 173 Å². The Kier molecular flexibility index (Phi) is 6.36. The number of halogens is 2. The Morgan fingerprint density at radius 3 is 2.56 bits per heavy atom. The summed E-state index contributed by atoms with van der Waals surface area (Å²) in [5.41, 5.74) is 1.91. The molecule has 3 rings (SSSR count). The van der Waals surface area contributed by atoms with Crippen molar-refractivity contribution in [3.63, 3.8) is 0 Å². The first kappa shape index (κ1) is 19.7. The summed E-state index contributed by atoms with van der Waals surface area (Å²) in [6, 6.07) is 9.58. The minimum Gasteiger partial charge on any atom is -0.346 e. The Hall–Kier alpha value is -2.09. The number of aryl methyl sites for hydroxylation is 1. The van der Waals surface area contributed by atoms with Crippen molar-refractivity contribution in [1.29, 1.82) is 0 Å². The topological polar surface area (TPSA) is 50.9 Å². The van der Waals surface area contributed by atoms with Crippen LogP contribution < -0.4 is 5.32 Å². The number of nitrogens with one attached hydrogen (secondary N) is 1. The van der Waals surface area contributed by atoms with Crippen LogP contribution in [0.25, 0.3) is 0 Å². The van der Waals surface area contributed by atoms with Crippen LogP contribution in [0.4, 0.5) is 5.82 Å². The quantitative estimate of drug-likeness (QED) is 0.600. The lowest BCUT2D eigenvalue weighted by Crippen LogP contribution is -2.31. The minimum absolute atomic E-state index is 0.517. The molecule has 3 aromatic rings. The lowest BCUT2D eigenvalue weighted by atomic mass is 10.2. The Balaban J connectivity index is 1.58. The normalized spacial score (nSPS) is 10.8. The van der Waals surface area contributed by atoms with Gasteiger partial charge in [-0.25, -0.2) is 0 Å². The number of anilines is 1. The second-order valence-corrected chi connectivity index (χ2v) is 7.32. The molecule has 1 N–H and O–H groups in total. The van der Waals surface area contributed by atoms with Crippen molar-refractivity contribution in [2.45, 2.75) is 26.6 Å². The molecule has 0 radical (unpaired) electrons. The van der Waals surface area contributed by atoms with E-state index in [0.29, 0.717) is 29.0 Å². The molecule has 0 aliphatic rings. The van der Waals surface area contributed by atoms with E-state index >= 15 is 0 Å². The molecule has 0 amide bonds. The van der Waals surface area contributed by atoms with E-state index in [0.717, 1.165) is 22.8 Å². The second-order valence-electron chi connectivity index (χ2n) is 6.09. The van der Waals surface area contributed by atoms with Gasteiger partial charge in [0.25, 0.3) is 0 Å². The largest absolute Gasteiger partial charge is 0.346 e. The molecule has 142 valence electrons. The highest BCUT2D eigenvalue weighted by molar-refractivity contribution is 7.80. The smallest absolute Gasteiger partial charge is 0.174 e. The molecule has 0 unspecified atom stereocenters. The van der Waals surface area contributed by atoms with E-state index in [1.807, 2.05) is 66.3 Å². The van der Waals surface area contributed by atoms with E-state index in [2.05, 4.69) is 15.5 Å². The molecular weight excluding hydrogens is 403 g/mol. The third-order valence-electron chi connectivity index (χ3n) is 3.98. The van der Waals surface area contributed by atoms with Crippen molar-refractivity contribution in [3.05, 3.63) is 64.0 Å². The summed E-state index contributed by atoms with van der Waals surface area (Å²) < 4.78 is 3.65. The van der Waals surface area contributed by atoms with Crippen LogP contribution in [0.15, 0.2) is 42.7 Å². The average Bonchev–Trinajstić information content (AvgIpc) is 3.23. The third kappa shape index (κ3) is 5.22. The molecule has 0 aliphatic heterocycles. The molecule has 1 aromatic carbocycles. The Morgan fingerprint density at radius 1 is 1.15 bits per heavy atom. The fraction of sp³-hybridized carbons (Fsp3) is 0.278. The number of thiocarbonyl (C=S) groups is 1. The maximum atomic E-state index is 6.23. The number of hydrogen-bond acceptors (Lipinski definition) is 3. The minimum atomic E-state index is 0.517. The summed E-state index contributed by atoms with van der Waals surface area (Å²) in [5, 5.41) is 14.0. The Bertz CT molecular complexity index is 918. The lowest BCUT2D eigenvalue weighted by Gasteiger charge is -2.19. The fourth-order valence-electron chi connectivity index (χ4n) is 2.50. The second kappa shape index (κ2) is 8.73. The third-order valence-corrected chi connectivity index (χ3v) is 4.96. The van der Waals surface area contributed by atoms with Gasteiger partial charge in [0.1, 0.15) is 5.69 Å². The van der Waals surface area contributed by atoms with Crippen LogP contribution in [-0.4, -0.2) is 36.6 Å². The summed E-state index contributed by atoms with van der Waals surface area (Å²) in [5.74, 6) is 0.686. The van der Waals surface area contributed by atoms with Gasteiger partial charge in [0.2, 0.25) is 0 Å². The zero-order valence-corrected chi connectivity index (χ0v) is 17.4. The van der Waals surface area contributed by atoms with E-state index in [-0.39, 0.29) is 0 Å². The van der Waals surface area contributed by atoms with Crippen molar-refractivity contribution in [3.8, 4) is 0 Å². The Morgan fingerprint density at radius 2 is 1.89 bits per heavy atom. The maximum absolute atomic E-state index is 6.23. The van der Waals surface area contributed by atoms with Gasteiger partial charge >= 0.3 is 0 Å². The molecule has 0 saturated carbocycles. The summed E-state index contributed by atoms with van der Waals surface area (Å²) >= 11 is 17.6. The molecule has 0 spiro atoms. The first-order chi connectivity index (χ1) is 12.9. The van der Waals surface area contributed by atoms with Crippen molar-refractivity contribution < 1.29 is 0 Å². The predicted octanol–water partition coefficient (Wildman–Crippen LogP) is 4.28. The van der Waals surface area contributed by atoms with E-state index in [4.69, 9.17) is 35.4 Å². The van der Waals surface area contributed by atoms with Crippen LogP contribution in [0.3, 0.4) is 0 Å². The molecule has 27 heavy (non-hydrogen) atoms. The molecule has 2 heterocycles. The van der Waals surface area contributed by atoms with Gasteiger partial charge < -0.3 is 10.2 Å². The zero-order valence-electron chi connectivity index (χ0n) is 15.1. The maximum Gasteiger partial charge on any atom is 0.174 e. The monoisotopic (exact) mass is 422 g/mol. The number of rotatable bonds is 6. The van der Waals surface area contributed by atoms with Gasteiger partial charge in [0.05, 0.1) is 18.1 Å². The van der Waals surface area contributed by atoms with E-state index in [1.165, 1.54) is 0 Å². The molecule has 0 fully saturated rings. The van der Waals surface area contributed by atoms with E-state index in [1.54, 1.807) is 4.68 Å². The van der Waals surface area contributed by atoms with Crippen LogP contribution in [0.1, 0.15) is 18.2 Å². The number of aromatic nitrogens is 4. The first-order valence-corrected chi connectivity index (χ1v) is 9.63. The summed E-state index contributed by atoms with van der Waals surface area (Å²) in [6.45, 7) is 3.97. The molecule has 2 aromatic heterocycles. The van der Waals surface area contributed by atoms with Crippen molar-refractivity contribution in [1.82, 2.24) is 24.5 Å². The van der Waals surface area contributed by atoms with Gasteiger partial charge in [-0.05, 0) is 36.8 Å². The van der Waals surface area contributed by atoms with E-state index in [9.17, 15) is 0 Å². The van der Waals surface area contributed by atoms with Crippen LogP contribution >= 0.6 is 35.4 Å². The highest BCUT2D eigenvalue weighted by Gasteiger charge is 2.12. The van der Waals surface area contributed by atoms with Crippen LogP contribution in [0.5, 0.6) is 0 Å². The lowest BCUT2D eigenvalue weighted by molar-refractivity contribution is 0.492. The van der Waals surface area contributed by atoms with Gasteiger partial charge in [0, 0.05) is 37.1 Å². The highest BCUT2D eigenvalue weighted by atomic mass is 35.5. The van der Waals surface area contributed by atoms with Gasteiger partial charge in [-0.2, -0.15) is 10.2 Å². The molecule has 6 nitrogen and oxygen atoms in total. The SMILES string of the molecule is CCn1cc(Cl)c(CN(C)C(=S)Nc2ccn(Cc3ccc(Cl)cc3)n2)n1. The molecule has 0 aliphatic carbocycles. The van der Waals surface area contributed by atoms with Crippen molar-refractivity contribution >= 4 is 46.4 Å². The highest BCUT2D eigenvalue weighted by Crippen LogP contribution is 2.16.